The number of halogens is 3. The third-order valence-electron chi connectivity index (χ3n) is 5.04. The molecule has 1 amide bonds. The molecule has 6 nitrogen and oxygen atoms in total. The first-order valence-corrected chi connectivity index (χ1v) is 9.41. The van der Waals surface area contributed by atoms with Crippen molar-refractivity contribution >= 4 is 29.9 Å². The molecule has 1 aliphatic rings. The van der Waals surface area contributed by atoms with Gasteiger partial charge in [0.25, 0.3) is 5.91 Å². The molecular weight excluding hydrogens is 400 g/mol. The number of hydrogen-bond donors (Lipinski definition) is 2. The lowest BCUT2D eigenvalue weighted by atomic mass is 9.86. The Bertz CT molecular complexity index is 828. The second kappa shape index (κ2) is 10.3. The topological polar surface area (TPSA) is 70.2 Å². The van der Waals surface area contributed by atoms with E-state index in [1.165, 1.54) is 6.07 Å². The Balaban J connectivity index is 0.00000300. The van der Waals surface area contributed by atoms with Crippen LogP contribution in [0.5, 0.6) is 0 Å². The lowest BCUT2D eigenvalue weighted by Crippen LogP contribution is -2.34. The molecule has 1 aromatic carbocycles. The number of anilines is 2. The lowest BCUT2D eigenvalue weighted by molar-refractivity contribution is 0.0942. The minimum absolute atomic E-state index is 0. The van der Waals surface area contributed by atoms with E-state index in [1.54, 1.807) is 6.33 Å². The Hall–Kier alpha value is -2.48. The molecular formula is C20H26ClF2N5O. The monoisotopic (exact) mass is 425 g/mol. The highest BCUT2D eigenvalue weighted by Gasteiger charge is 2.22. The smallest absolute Gasteiger partial charge is 0.251 e. The maximum atomic E-state index is 13.3. The van der Waals surface area contributed by atoms with Crippen LogP contribution in [0.1, 0.15) is 36.0 Å². The van der Waals surface area contributed by atoms with E-state index in [1.807, 2.05) is 25.1 Å². The maximum Gasteiger partial charge on any atom is 0.251 e. The average molecular weight is 426 g/mol. The first-order valence-electron chi connectivity index (χ1n) is 9.41. The first kappa shape index (κ1) is 22.8. The number of carbonyl (C=O) groups is 1. The molecule has 1 aliphatic carbocycles. The first-order chi connectivity index (χ1) is 13.4. The summed E-state index contributed by atoms with van der Waals surface area (Å²) in [7, 11) is 3.87. The van der Waals surface area contributed by atoms with E-state index < -0.39 is 11.6 Å². The summed E-state index contributed by atoms with van der Waals surface area (Å²) in [5, 5.41) is 6.28. The van der Waals surface area contributed by atoms with Gasteiger partial charge in [-0.15, -0.1) is 12.4 Å². The van der Waals surface area contributed by atoms with Gasteiger partial charge in [-0.05, 0) is 49.8 Å². The van der Waals surface area contributed by atoms with Crippen LogP contribution in [0.15, 0.2) is 30.6 Å². The average Bonchev–Trinajstić information content (AvgIpc) is 2.69. The molecule has 0 aliphatic heterocycles. The summed E-state index contributed by atoms with van der Waals surface area (Å²) in [6.45, 7) is 0.531. The molecule has 0 spiro atoms. The fourth-order valence-corrected chi connectivity index (χ4v) is 3.37. The minimum Gasteiger partial charge on any atom is -0.367 e. The molecule has 0 bridgehead atoms. The number of amides is 1. The van der Waals surface area contributed by atoms with Gasteiger partial charge in [0.1, 0.15) is 18.0 Å². The number of rotatable bonds is 6. The number of nitrogens with zero attached hydrogens (tertiary/aromatic N) is 3. The van der Waals surface area contributed by atoms with Gasteiger partial charge in [0.05, 0.1) is 0 Å². The van der Waals surface area contributed by atoms with Crippen molar-refractivity contribution in [3.63, 3.8) is 0 Å². The Morgan fingerprint density at radius 3 is 2.48 bits per heavy atom. The summed E-state index contributed by atoms with van der Waals surface area (Å²) in [6, 6.07) is 5.44. The van der Waals surface area contributed by atoms with Crippen LogP contribution < -0.4 is 15.5 Å². The normalized spacial score (nSPS) is 18.5. The quantitative estimate of drug-likeness (QED) is 0.739. The van der Waals surface area contributed by atoms with Crippen molar-refractivity contribution in [3.8, 4) is 0 Å². The van der Waals surface area contributed by atoms with E-state index in [4.69, 9.17) is 0 Å². The Morgan fingerprint density at radius 2 is 1.83 bits per heavy atom. The zero-order valence-electron chi connectivity index (χ0n) is 16.5. The van der Waals surface area contributed by atoms with Crippen molar-refractivity contribution in [1.29, 1.82) is 0 Å². The van der Waals surface area contributed by atoms with Gasteiger partial charge in [-0.2, -0.15) is 0 Å². The predicted molar refractivity (Wildman–Crippen MR) is 112 cm³/mol. The summed E-state index contributed by atoms with van der Waals surface area (Å²) in [6.07, 6.45) is 5.46. The minimum atomic E-state index is -1.01. The molecule has 1 heterocycles. The van der Waals surface area contributed by atoms with Crippen molar-refractivity contribution in [2.45, 2.75) is 31.7 Å². The molecule has 0 atom stereocenters. The van der Waals surface area contributed by atoms with Crippen LogP contribution in [-0.2, 0) is 0 Å². The van der Waals surface area contributed by atoms with Crippen LogP contribution in [0.3, 0.4) is 0 Å². The second-order valence-corrected chi connectivity index (χ2v) is 7.36. The molecule has 1 saturated carbocycles. The number of nitrogens with one attached hydrogen (secondary N) is 2. The number of benzene rings is 1. The van der Waals surface area contributed by atoms with Gasteiger partial charge >= 0.3 is 0 Å². The molecule has 2 N–H and O–H groups in total. The predicted octanol–water partition coefficient (Wildman–Crippen LogP) is 3.64. The number of aromatic nitrogens is 2. The molecule has 1 fully saturated rings. The van der Waals surface area contributed by atoms with Crippen LogP contribution in [0.25, 0.3) is 0 Å². The van der Waals surface area contributed by atoms with E-state index in [-0.39, 0.29) is 23.9 Å². The molecule has 1 aromatic heterocycles. The molecule has 3 rings (SSSR count). The van der Waals surface area contributed by atoms with Crippen molar-refractivity contribution in [1.82, 2.24) is 15.3 Å². The number of carbonyl (C=O) groups excluding carboxylic acids is 1. The summed E-state index contributed by atoms with van der Waals surface area (Å²) in [5.41, 5.74) is 0.134. The summed E-state index contributed by atoms with van der Waals surface area (Å²) < 4.78 is 26.2. The van der Waals surface area contributed by atoms with Crippen LogP contribution >= 0.6 is 12.4 Å². The van der Waals surface area contributed by atoms with Crippen LogP contribution in [0.4, 0.5) is 20.4 Å². The van der Waals surface area contributed by atoms with Crippen LogP contribution in [0, 0.1) is 17.6 Å². The molecule has 0 saturated heterocycles. The third-order valence-corrected chi connectivity index (χ3v) is 5.04. The van der Waals surface area contributed by atoms with Crippen LogP contribution in [0.2, 0.25) is 0 Å². The Kier molecular flexibility index (Phi) is 8.13. The molecule has 2 aromatic rings. The summed E-state index contributed by atoms with van der Waals surface area (Å²) in [4.78, 5) is 22.5. The van der Waals surface area contributed by atoms with E-state index in [9.17, 15) is 13.6 Å². The van der Waals surface area contributed by atoms with Crippen molar-refractivity contribution in [2.75, 3.05) is 30.9 Å². The van der Waals surface area contributed by atoms with Crippen LogP contribution in [-0.4, -0.2) is 42.6 Å². The zero-order valence-corrected chi connectivity index (χ0v) is 17.3. The SMILES string of the molecule is CN(C)c1cc(NC2CCC(CNC(=O)c3ccc(F)c(F)c3)CC2)ncn1.Cl. The van der Waals surface area contributed by atoms with Crippen molar-refractivity contribution < 1.29 is 13.6 Å². The fraction of sp³-hybridized carbons (Fsp3) is 0.450. The largest absolute Gasteiger partial charge is 0.367 e. The standard InChI is InChI=1S/C20H25F2N5O.ClH/c1-27(2)19-10-18(24-12-25-19)26-15-6-3-13(4-7-15)11-23-20(28)14-5-8-16(21)17(22)9-14;/h5,8-10,12-13,15H,3-4,6-7,11H2,1-2H3,(H,23,28)(H,24,25,26);1H. The highest BCUT2D eigenvalue weighted by Crippen LogP contribution is 2.26. The molecule has 0 unspecified atom stereocenters. The van der Waals surface area contributed by atoms with Gasteiger partial charge in [0.2, 0.25) is 0 Å². The number of hydrogen-bond acceptors (Lipinski definition) is 5. The van der Waals surface area contributed by atoms with Gasteiger partial charge in [-0.25, -0.2) is 18.7 Å². The fourth-order valence-electron chi connectivity index (χ4n) is 3.37. The zero-order chi connectivity index (χ0) is 20.1. The maximum absolute atomic E-state index is 13.3. The lowest BCUT2D eigenvalue weighted by Gasteiger charge is -2.29. The highest BCUT2D eigenvalue weighted by atomic mass is 35.5. The summed E-state index contributed by atoms with van der Waals surface area (Å²) in [5.74, 6) is -0.309. The molecule has 29 heavy (non-hydrogen) atoms. The van der Waals surface area contributed by atoms with Gasteiger partial charge in [0.15, 0.2) is 11.6 Å². The van der Waals surface area contributed by atoms with Gasteiger partial charge in [0, 0.05) is 38.3 Å². The second-order valence-electron chi connectivity index (χ2n) is 7.36. The van der Waals surface area contributed by atoms with Gasteiger partial charge < -0.3 is 15.5 Å². The Morgan fingerprint density at radius 1 is 1.10 bits per heavy atom. The van der Waals surface area contributed by atoms with Gasteiger partial charge in [-0.1, -0.05) is 0 Å². The van der Waals surface area contributed by atoms with Crippen molar-refractivity contribution in [3.05, 3.63) is 47.8 Å². The van der Waals surface area contributed by atoms with E-state index in [0.29, 0.717) is 18.5 Å². The molecule has 158 valence electrons. The summed E-state index contributed by atoms with van der Waals surface area (Å²) >= 11 is 0. The highest BCUT2D eigenvalue weighted by molar-refractivity contribution is 5.94. The Labute approximate surface area is 175 Å². The van der Waals surface area contributed by atoms with E-state index >= 15 is 0 Å². The molecule has 0 radical (unpaired) electrons. The van der Waals surface area contributed by atoms with E-state index in [2.05, 4.69) is 20.6 Å². The van der Waals surface area contributed by atoms with Crippen molar-refractivity contribution in [2.24, 2.45) is 5.92 Å². The molecule has 9 heteroatoms. The van der Waals surface area contributed by atoms with Gasteiger partial charge in [-0.3, -0.25) is 4.79 Å². The van der Waals surface area contributed by atoms with E-state index in [0.717, 1.165) is 49.5 Å². The third kappa shape index (κ3) is 6.25.